The average molecular weight is 265 g/mol. The molecule has 0 saturated heterocycles. The lowest BCUT2D eigenvalue weighted by Crippen LogP contribution is -2.24. The van der Waals surface area contributed by atoms with Gasteiger partial charge >= 0.3 is 5.97 Å². The summed E-state index contributed by atoms with van der Waals surface area (Å²) < 4.78 is 10.6. The Balaban J connectivity index is 2.49. The van der Waals surface area contributed by atoms with Crippen LogP contribution in [0.15, 0.2) is 24.3 Å². The topological polar surface area (TPSA) is 61.5 Å². The smallest absolute Gasteiger partial charge is 0.338 e. The van der Waals surface area contributed by atoms with Crippen LogP contribution < -0.4 is 5.73 Å². The maximum absolute atomic E-state index is 11.7. The molecule has 0 spiro atoms. The number of rotatable bonds is 8. The summed E-state index contributed by atoms with van der Waals surface area (Å²) >= 11 is 0. The molecular formula is C15H23NO3. The van der Waals surface area contributed by atoms with Crippen molar-refractivity contribution >= 4 is 5.97 Å². The van der Waals surface area contributed by atoms with Crippen LogP contribution in [0, 0.1) is 0 Å². The molecule has 0 aliphatic carbocycles. The summed E-state index contributed by atoms with van der Waals surface area (Å²) in [7, 11) is 0. The van der Waals surface area contributed by atoms with Crippen LogP contribution in [-0.2, 0) is 16.1 Å². The van der Waals surface area contributed by atoms with E-state index in [1.54, 1.807) is 12.1 Å². The molecule has 0 aliphatic heterocycles. The maximum Gasteiger partial charge on any atom is 0.338 e. The molecule has 2 N–H and O–H groups in total. The fourth-order valence-corrected chi connectivity index (χ4v) is 1.51. The van der Waals surface area contributed by atoms with Gasteiger partial charge in [0, 0.05) is 6.04 Å². The van der Waals surface area contributed by atoms with Crippen LogP contribution >= 0.6 is 0 Å². The molecule has 0 amide bonds. The van der Waals surface area contributed by atoms with Gasteiger partial charge in [-0.2, -0.15) is 0 Å². The Hall–Kier alpha value is -1.39. The first-order chi connectivity index (χ1) is 9.17. The zero-order chi connectivity index (χ0) is 14.1. The highest BCUT2D eigenvalue weighted by Gasteiger charge is 2.07. The quantitative estimate of drug-likeness (QED) is 0.734. The van der Waals surface area contributed by atoms with Crippen molar-refractivity contribution in [3.63, 3.8) is 0 Å². The molecule has 1 atom stereocenters. The van der Waals surface area contributed by atoms with Crippen LogP contribution in [-0.4, -0.2) is 25.2 Å². The third kappa shape index (κ3) is 5.85. The second-order valence-corrected chi connectivity index (χ2v) is 4.52. The van der Waals surface area contributed by atoms with Gasteiger partial charge in [-0.25, -0.2) is 4.79 Å². The lowest BCUT2D eigenvalue weighted by atomic mass is 10.1. The largest absolute Gasteiger partial charge is 0.462 e. The van der Waals surface area contributed by atoms with Crippen LogP contribution in [0.25, 0.3) is 0 Å². The minimum Gasteiger partial charge on any atom is -0.462 e. The Labute approximate surface area is 114 Å². The Bertz CT molecular complexity index is 393. The SMILES string of the molecule is CCCOC(=O)c1cccc(COCC(N)CC)c1. The number of esters is 1. The molecule has 4 nitrogen and oxygen atoms in total. The van der Waals surface area contributed by atoms with Crippen molar-refractivity contribution in [3.05, 3.63) is 35.4 Å². The fraction of sp³-hybridized carbons (Fsp3) is 0.533. The van der Waals surface area contributed by atoms with Gasteiger partial charge in [-0.3, -0.25) is 0 Å². The molecular weight excluding hydrogens is 242 g/mol. The summed E-state index contributed by atoms with van der Waals surface area (Å²) in [6.45, 7) is 5.43. The molecule has 0 fully saturated rings. The molecule has 1 aromatic carbocycles. The van der Waals surface area contributed by atoms with E-state index in [9.17, 15) is 4.79 Å². The van der Waals surface area contributed by atoms with Crippen LogP contribution in [0.5, 0.6) is 0 Å². The second kappa shape index (κ2) is 8.67. The number of carbonyl (C=O) groups excluding carboxylic acids is 1. The Morgan fingerprint density at radius 1 is 1.37 bits per heavy atom. The molecule has 0 heterocycles. The lowest BCUT2D eigenvalue weighted by Gasteiger charge is -2.10. The van der Waals surface area contributed by atoms with Crippen molar-refractivity contribution in [2.45, 2.75) is 39.3 Å². The first-order valence-corrected chi connectivity index (χ1v) is 6.76. The van der Waals surface area contributed by atoms with Crippen molar-refractivity contribution in [1.29, 1.82) is 0 Å². The van der Waals surface area contributed by atoms with E-state index >= 15 is 0 Å². The van der Waals surface area contributed by atoms with E-state index in [0.717, 1.165) is 18.4 Å². The van der Waals surface area contributed by atoms with Gasteiger partial charge in [-0.1, -0.05) is 26.0 Å². The first kappa shape index (κ1) is 15.7. The van der Waals surface area contributed by atoms with E-state index in [-0.39, 0.29) is 12.0 Å². The van der Waals surface area contributed by atoms with Crippen molar-refractivity contribution in [3.8, 4) is 0 Å². The number of benzene rings is 1. The maximum atomic E-state index is 11.7. The third-order valence-corrected chi connectivity index (χ3v) is 2.72. The predicted molar refractivity (Wildman–Crippen MR) is 74.9 cm³/mol. The Kier molecular flexibility index (Phi) is 7.15. The summed E-state index contributed by atoms with van der Waals surface area (Å²) in [5.74, 6) is -0.283. The van der Waals surface area contributed by atoms with Crippen molar-refractivity contribution in [2.24, 2.45) is 5.73 Å². The van der Waals surface area contributed by atoms with Crippen molar-refractivity contribution < 1.29 is 14.3 Å². The highest BCUT2D eigenvalue weighted by atomic mass is 16.5. The minimum absolute atomic E-state index is 0.0673. The lowest BCUT2D eigenvalue weighted by molar-refractivity contribution is 0.0504. The molecule has 1 unspecified atom stereocenters. The number of hydrogen-bond donors (Lipinski definition) is 1. The minimum atomic E-state index is -0.283. The van der Waals surface area contributed by atoms with Gasteiger partial charge in [0.05, 0.1) is 25.4 Å². The average Bonchev–Trinajstić information content (AvgIpc) is 2.44. The predicted octanol–water partition coefficient (Wildman–Crippen LogP) is 2.51. The Morgan fingerprint density at radius 2 is 2.16 bits per heavy atom. The monoisotopic (exact) mass is 265 g/mol. The summed E-state index contributed by atoms with van der Waals surface area (Å²) in [5.41, 5.74) is 7.29. The van der Waals surface area contributed by atoms with Crippen LogP contribution in [0.1, 0.15) is 42.6 Å². The highest BCUT2D eigenvalue weighted by Crippen LogP contribution is 2.08. The molecule has 106 valence electrons. The zero-order valence-corrected chi connectivity index (χ0v) is 11.7. The third-order valence-electron chi connectivity index (χ3n) is 2.72. The highest BCUT2D eigenvalue weighted by molar-refractivity contribution is 5.89. The van der Waals surface area contributed by atoms with Gasteiger partial charge in [0.2, 0.25) is 0 Å². The van der Waals surface area contributed by atoms with Crippen LogP contribution in [0.3, 0.4) is 0 Å². The van der Waals surface area contributed by atoms with E-state index in [1.807, 2.05) is 26.0 Å². The van der Waals surface area contributed by atoms with Gasteiger partial charge < -0.3 is 15.2 Å². The molecule has 0 radical (unpaired) electrons. The molecule has 1 rings (SSSR count). The fourth-order valence-electron chi connectivity index (χ4n) is 1.51. The van der Waals surface area contributed by atoms with Crippen molar-refractivity contribution in [1.82, 2.24) is 0 Å². The van der Waals surface area contributed by atoms with Crippen LogP contribution in [0.2, 0.25) is 0 Å². The van der Waals surface area contributed by atoms with E-state index in [4.69, 9.17) is 15.2 Å². The number of nitrogens with two attached hydrogens (primary N) is 1. The number of carbonyl (C=O) groups is 1. The summed E-state index contributed by atoms with van der Waals surface area (Å²) in [4.78, 5) is 11.7. The van der Waals surface area contributed by atoms with Crippen LogP contribution in [0.4, 0.5) is 0 Å². The molecule has 4 heteroatoms. The molecule has 19 heavy (non-hydrogen) atoms. The number of hydrogen-bond acceptors (Lipinski definition) is 4. The summed E-state index contributed by atoms with van der Waals surface area (Å²) in [6, 6.07) is 7.38. The summed E-state index contributed by atoms with van der Waals surface area (Å²) in [5, 5.41) is 0. The Morgan fingerprint density at radius 3 is 2.84 bits per heavy atom. The molecule has 1 aromatic rings. The molecule has 0 aromatic heterocycles. The van der Waals surface area contributed by atoms with E-state index in [2.05, 4.69) is 0 Å². The zero-order valence-electron chi connectivity index (χ0n) is 11.7. The van der Waals surface area contributed by atoms with Gasteiger partial charge in [0.15, 0.2) is 0 Å². The van der Waals surface area contributed by atoms with Gasteiger partial charge in [0.25, 0.3) is 0 Å². The second-order valence-electron chi connectivity index (χ2n) is 4.52. The first-order valence-electron chi connectivity index (χ1n) is 6.76. The molecule has 0 aliphatic rings. The summed E-state index contributed by atoms with van der Waals surface area (Å²) in [6.07, 6.45) is 1.72. The standard InChI is InChI=1S/C15H23NO3/c1-3-8-19-15(17)13-7-5-6-12(9-13)10-18-11-14(16)4-2/h5-7,9,14H,3-4,8,10-11,16H2,1-2H3. The van der Waals surface area contributed by atoms with Gasteiger partial charge in [-0.05, 0) is 30.5 Å². The molecule has 0 saturated carbocycles. The van der Waals surface area contributed by atoms with E-state index < -0.39 is 0 Å². The van der Waals surface area contributed by atoms with E-state index in [1.165, 1.54) is 0 Å². The number of ether oxygens (including phenoxy) is 2. The van der Waals surface area contributed by atoms with Crippen molar-refractivity contribution in [2.75, 3.05) is 13.2 Å². The van der Waals surface area contributed by atoms with Gasteiger partial charge in [0.1, 0.15) is 0 Å². The normalized spacial score (nSPS) is 12.2. The van der Waals surface area contributed by atoms with Gasteiger partial charge in [-0.15, -0.1) is 0 Å². The molecule has 0 bridgehead atoms. The van der Waals surface area contributed by atoms with E-state index in [0.29, 0.717) is 25.4 Å².